The van der Waals surface area contributed by atoms with Gasteiger partial charge in [-0.3, -0.25) is 9.48 Å². The second kappa shape index (κ2) is 8.15. The second-order valence-electron chi connectivity index (χ2n) is 6.86. The van der Waals surface area contributed by atoms with Crippen LogP contribution >= 0.6 is 11.6 Å². The lowest BCUT2D eigenvalue weighted by Gasteiger charge is -2.11. The monoisotopic (exact) mass is 464 g/mol. The zero-order chi connectivity index (χ0) is 23.0. The molecule has 4 rings (SSSR count). The standard InChI is InChI=1S/C20H16ClF3N6O2/c1-29-10-11(9-26-29)8-25-19(31)17-16(21)18-27-14(12-4-3-5-13(6-12)32-2)7-15(20(22,23)24)30(18)28-17/h3-7,9-10H,8H2,1-2H3,(H,25,31). The highest BCUT2D eigenvalue weighted by atomic mass is 35.5. The number of hydrogen-bond donors (Lipinski definition) is 1. The topological polar surface area (TPSA) is 86.3 Å². The number of carbonyl (C=O) groups is 1. The predicted molar refractivity (Wildman–Crippen MR) is 109 cm³/mol. The molecule has 1 aromatic carbocycles. The highest BCUT2D eigenvalue weighted by Gasteiger charge is 2.36. The van der Waals surface area contributed by atoms with E-state index >= 15 is 0 Å². The highest BCUT2D eigenvalue weighted by Crippen LogP contribution is 2.35. The van der Waals surface area contributed by atoms with E-state index in [-0.39, 0.29) is 28.6 Å². The molecule has 0 bridgehead atoms. The van der Waals surface area contributed by atoms with E-state index in [0.717, 1.165) is 6.07 Å². The summed E-state index contributed by atoms with van der Waals surface area (Å²) in [6, 6.07) is 7.27. The van der Waals surface area contributed by atoms with Crippen LogP contribution in [0.15, 0.2) is 42.7 Å². The third kappa shape index (κ3) is 4.11. The summed E-state index contributed by atoms with van der Waals surface area (Å²) in [5.41, 5.74) is -0.670. The molecule has 3 aromatic heterocycles. The first-order valence-corrected chi connectivity index (χ1v) is 9.62. The quantitative estimate of drug-likeness (QED) is 0.486. The van der Waals surface area contributed by atoms with Gasteiger partial charge in [-0.1, -0.05) is 23.7 Å². The average molecular weight is 465 g/mol. The molecule has 4 aromatic rings. The lowest BCUT2D eigenvalue weighted by molar-refractivity contribution is -0.142. The van der Waals surface area contributed by atoms with Gasteiger partial charge in [-0.05, 0) is 18.2 Å². The minimum atomic E-state index is -4.77. The molecule has 0 radical (unpaired) electrons. The van der Waals surface area contributed by atoms with E-state index in [1.54, 1.807) is 48.4 Å². The van der Waals surface area contributed by atoms with Crippen LogP contribution in [0.5, 0.6) is 5.75 Å². The summed E-state index contributed by atoms with van der Waals surface area (Å²) < 4.78 is 48.6. The number of alkyl halides is 3. The maximum Gasteiger partial charge on any atom is 0.433 e. The summed E-state index contributed by atoms with van der Waals surface area (Å²) in [5, 5.41) is 10.1. The van der Waals surface area contributed by atoms with Crippen molar-refractivity contribution in [2.24, 2.45) is 7.05 Å². The van der Waals surface area contributed by atoms with Crippen LogP contribution in [0.2, 0.25) is 5.02 Å². The molecule has 0 saturated heterocycles. The van der Waals surface area contributed by atoms with Crippen molar-refractivity contribution in [3.63, 3.8) is 0 Å². The van der Waals surface area contributed by atoms with Gasteiger partial charge >= 0.3 is 6.18 Å². The lowest BCUT2D eigenvalue weighted by Crippen LogP contribution is -2.23. The maximum atomic E-state index is 13.8. The summed E-state index contributed by atoms with van der Waals surface area (Å²) >= 11 is 6.26. The van der Waals surface area contributed by atoms with Crippen LogP contribution in [-0.4, -0.2) is 37.4 Å². The van der Waals surface area contributed by atoms with Gasteiger partial charge in [0.2, 0.25) is 0 Å². The van der Waals surface area contributed by atoms with Gasteiger partial charge in [-0.15, -0.1) is 0 Å². The van der Waals surface area contributed by atoms with Crippen molar-refractivity contribution >= 4 is 23.2 Å². The van der Waals surface area contributed by atoms with Crippen molar-refractivity contribution in [3.8, 4) is 17.0 Å². The SMILES string of the molecule is COc1cccc(-c2cc(C(F)(F)F)n3nc(C(=O)NCc4cnn(C)c4)c(Cl)c3n2)c1. The predicted octanol–water partition coefficient (Wildman–Crippen LogP) is 3.74. The molecular formula is C20H16ClF3N6O2. The number of carbonyl (C=O) groups excluding carboxylic acids is 1. The minimum Gasteiger partial charge on any atom is -0.497 e. The molecule has 12 heteroatoms. The number of rotatable bonds is 5. The number of methoxy groups -OCH3 is 1. The molecule has 0 spiro atoms. The zero-order valence-corrected chi connectivity index (χ0v) is 17.6. The van der Waals surface area contributed by atoms with E-state index in [1.165, 1.54) is 7.11 Å². The smallest absolute Gasteiger partial charge is 0.433 e. The van der Waals surface area contributed by atoms with Crippen molar-refractivity contribution in [1.29, 1.82) is 0 Å². The summed E-state index contributed by atoms with van der Waals surface area (Å²) in [7, 11) is 3.16. The number of hydrogen-bond acceptors (Lipinski definition) is 5. The molecule has 8 nitrogen and oxygen atoms in total. The second-order valence-corrected chi connectivity index (χ2v) is 7.24. The summed E-state index contributed by atoms with van der Waals surface area (Å²) in [6.07, 6.45) is -1.53. The Kier molecular flexibility index (Phi) is 5.51. The molecule has 0 aliphatic heterocycles. The molecule has 1 N–H and O–H groups in total. The Hall–Kier alpha value is -3.60. The van der Waals surface area contributed by atoms with Crippen LogP contribution in [0, 0.1) is 0 Å². The normalized spacial score (nSPS) is 11.7. The molecule has 0 aliphatic carbocycles. The number of ether oxygens (including phenoxy) is 1. The van der Waals surface area contributed by atoms with Gasteiger partial charge < -0.3 is 10.1 Å². The van der Waals surface area contributed by atoms with Crippen LogP contribution < -0.4 is 10.1 Å². The van der Waals surface area contributed by atoms with Gasteiger partial charge in [-0.2, -0.15) is 23.4 Å². The highest BCUT2D eigenvalue weighted by molar-refractivity contribution is 6.36. The fourth-order valence-corrected chi connectivity index (χ4v) is 3.34. The van der Waals surface area contributed by atoms with Crippen molar-refractivity contribution in [2.75, 3.05) is 7.11 Å². The number of fused-ring (bicyclic) bond motifs is 1. The van der Waals surface area contributed by atoms with Crippen molar-refractivity contribution in [1.82, 2.24) is 29.7 Å². The van der Waals surface area contributed by atoms with Gasteiger partial charge in [0.15, 0.2) is 17.0 Å². The molecule has 1 amide bonds. The summed E-state index contributed by atoms with van der Waals surface area (Å²) in [4.78, 5) is 16.8. The summed E-state index contributed by atoms with van der Waals surface area (Å²) in [6.45, 7) is 0.103. The molecule has 0 fully saturated rings. The zero-order valence-electron chi connectivity index (χ0n) is 16.8. The van der Waals surface area contributed by atoms with E-state index in [2.05, 4.69) is 20.5 Å². The Balaban J connectivity index is 1.78. The van der Waals surface area contributed by atoms with Crippen molar-refractivity contribution < 1.29 is 22.7 Å². The Morgan fingerprint density at radius 2 is 2.06 bits per heavy atom. The molecule has 0 atom stereocenters. The summed E-state index contributed by atoms with van der Waals surface area (Å²) in [5.74, 6) is -0.284. The number of halogens is 4. The van der Waals surface area contributed by atoms with E-state index in [1.807, 2.05) is 0 Å². The van der Waals surface area contributed by atoms with Crippen LogP contribution in [0.3, 0.4) is 0 Å². The Labute approximate surface area is 184 Å². The minimum absolute atomic E-state index is 0.00726. The fourth-order valence-electron chi connectivity index (χ4n) is 3.10. The number of nitrogens with zero attached hydrogens (tertiary/aromatic N) is 5. The molecule has 32 heavy (non-hydrogen) atoms. The van der Waals surface area contributed by atoms with Crippen LogP contribution in [0.4, 0.5) is 13.2 Å². The first-order valence-electron chi connectivity index (χ1n) is 9.24. The van der Waals surface area contributed by atoms with Crippen LogP contribution in [0.1, 0.15) is 21.7 Å². The van der Waals surface area contributed by atoms with Gasteiger partial charge in [0.1, 0.15) is 10.8 Å². The van der Waals surface area contributed by atoms with Crippen molar-refractivity contribution in [3.05, 3.63) is 64.7 Å². The number of benzene rings is 1. The van der Waals surface area contributed by atoms with Gasteiger partial charge in [0.05, 0.1) is 19.0 Å². The molecule has 0 unspecified atom stereocenters. The molecule has 166 valence electrons. The van der Waals surface area contributed by atoms with E-state index < -0.39 is 17.8 Å². The number of nitrogens with one attached hydrogen (secondary N) is 1. The molecule has 3 heterocycles. The third-order valence-electron chi connectivity index (χ3n) is 4.62. The first-order chi connectivity index (χ1) is 15.2. The third-order valence-corrected chi connectivity index (χ3v) is 4.96. The fraction of sp³-hybridized carbons (Fsp3) is 0.200. The lowest BCUT2D eigenvalue weighted by atomic mass is 10.1. The van der Waals surface area contributed by atoms with E-state index in [9.17, 15) is 18.0 Å². The van der Waals surface area contributed by atoms with Gasteiger partial charge in [0.25, 0.3) is 5.91 Å². The van der Waals surface area contributed by atoms with Crippen LogP contribution in [-0.2, 0) is 19.8 Å². The van der Waals surface area contributed by atoms with Gasteiger partial charge in [-0.25, -0.2) is 9.50 Å². The largest absolute Gasteiger partial charge is 0.497 e. The number of amides is 1. The Morgan fingerprint density at radius 1 is 1.28 bits per heavy atom. The maximum absolute atomic E-state index is 13.8. The molecule has 0 aliphatic rings. The Morgan fingerprint density at radius 3 is 2.72 bits per heavy atom. The van der Waals surface area contributed by atoms with Crippen LogP contribution in [0.25, 0.3) is 16.9 Å². The van der Waals surface area contributed by atoms with Gasteiger partial charge in [0, 0.05) is 30.9 Å². The number of aryl methyl sites for hydroxylation is 1. The molecule has 0 saturated carbocycles. The Bertz CT molecular complexity index is 1310. The first kappa shape index (κ1) is 21.6. The average Bonchev–Trinajstić information content (AvgIpc) is 3.33. The van der Waals surface area contributed by atoms with E-state index in [0.29, 0.717) is 21.4 Å². The number of aromatic nitrogens is 5. The van der Waals surface area contributed by atoms with E-state index in [4.69, 9.17) is 16.3 Å². The molecular weight excluding hydrogens is 449 g/mol. The van der Waals surface area contributed by atoms with Crippen molar-refractivity contribution in [2.45, 2.75) is 12.7 Å².